The summed E-state index contributed by atoms with van der Waals surface area (Å²) in [5.41, 5.74) is 4.22. The van der Waals surface area contributed by atoms with E-state index >= 15 is 0 Å². The Morgan fingerprint density at radius 1 is 1.06 bits per heavy atom. The molecule has 2 aromatic heterocycles. The highest BCUT2D eigenvalue weighted by atomic mass is 35.5. The molecule has 1 saturated heterocycles. The zero-order valence-corrected chi connectivity index (χ0v) is 20.7. The maximum Gasteiger partial charge on any atom is 0.270 e. The summed E-state index contributed by atoms with van der Waals surface area (Å²) in [5.74, 6) is -0.167. The Labute approximate surface area is 210 Å². The van der Waals surface area contributed by atoms with Crippen LogP contribution in [0.2, 0.25) is 5.02 Å². The van der Waals surface area contributed by atoms with Crippen LogP contribution >= 0.6 is 11.6 Å². The zero-order valence-electron chi connectivity index (χ0n) is 20.0. The van der Waals surface area contributed by atoms with Crippen molar-refractivity contribution in [1.82, 2.24) is 24.8 Å². The number of nitrogens with zero attached hydrogens (tertiary/aromatic N) is 4. The molecule has 35 heavy (non-hydrogen) atoms. The Kier molecular flexibility index (Phi) is 7.11. The monoisotopic (exact) mass is 487 g/mol. The predicted molar refractivity (Wildman–Crippen MR) is 141 cm³/mol. The first-order valence-corrected chi connectivity index (χ1v) is 12.7. The van der Waals surface area contributed by atoms with E-state index in [1.807, 2.05) is 60.7 Å². The second-order valence-electron chi connectivity index (χ2n) is 9.16. The van der Waals surface area contributed by atoms with Crippen molar-refractivity contribution in [3.63, 3.8) is 0 Å². The van der Waals surface area contributed by atoms with E-state index in [4.69, 9.17) is 21.7 Å². The molecule has 0 bridgehead atoms. The van der Waals surface area contributed by atoms with E-state index in [9.17, 15) is 4.79 Å². The lowest BCUT2D eigenvalue weighted by Gasteiger charge is -2.33. The molecule has 1 N–H and O–H groups in total. The Balaban J connectivity index is 1.42. The largest absolute Gasteiger partial charge is 0.351 e. The molecule has 180 valence electrons. The third kappa shape index (κ3) is 5.24. The van der Waals surface area contributed by atoms with Gasteiger partial charge in [0.2, 0.25) is 0 Å². The van der Waals surface area contributed by atoms with Crippen molar-refractivity contribution < 1.29 is 4.79 Å². The molecule has 7 heteroatoms. The second kappa shape index (κ2) is 10.6. The minimum atomic E-state index is -0.167. The quantitative estimate of drug-likeness (QED) is 0.339. The van der Waals surface area contributed by atoms with Gasteiger partial charge in [0.1, 0.15) is 5.69 Å². The lowest BCUT2D eigenvalue weighted by molar-refractivity contribution is 0.0941. The number of amides is 1. The van der Waals surface area contributed by atoms with Crippen LogP contribution in [0.1, 0.15) is 43.1 Å². The minimum Gasteiger partial charge on any atom is -0.351 e. The van der Waals surface area contributed by atoms with Crippen LogP contribution in [0.3, 0.4) is 0 Å². The molecule has 1 atom stereocenters. The summed E-state index contributed by atoms with van der Waals surface area (Å²) in [6.45, 7) is 5.05. The van der Waals surface area contributed by atoms with Crippen molar-refractivity contribution in [1.29, 1.82) is 0 Å². The molecule has 2 aromatic carbocycles. The van der Waals surface area contributed by atoms with Crippen molar-refractivity contribution in [2.75, 3.05) is 19.6 Å². The summed E-state index contributed by atoms with van der Waals surface area (Å²) in [7, 11) is 0. The van der Waals surface area contributed by atoms with Gasteiger partial charge in [-0.05, 0) is 44.9 Å². The van der Waals surface area contributed by atoms with Crippen LogP contribution < -0.4 is 5.32 Å². The smallest absolute Gasteiger partial charge is 0.270 e. The Bertz CT molecular complexity index is 1320. The van der Waals surface area contributed by atoms with Crippen molar-refractivity contribution >= 4 is 23.2 Å². The molecule has 4 aromatic rings. The highest BCUT2D eigenvalue weighted by Crippen LogP contribution is 2.28. The lowest BCUT2D eigenvalue weighted by Crippen LogP contribution is -2.39. The summed E-state index contributed by atoms with van der Waals surface area (Å²) >= 11 is 6.46. The van der Waals surface area contributed by atoms with Gasteiger partial charge in [-0.1, -0.05) is 66.6 Å². The first-order valence-electron chi connectivity index (χ1n) is 12.3. The van der Waals surface area contributed by atoms with Crippen molar-refractivity contribution in [3.8, 4) is 22.5 Å². The van der Waals surface area contributed by atoms with Crippen molar-refractivity contribution in [2.24, 2.45) is 0 Å². The van der Waals surface area contributed by atoms with Crippen LogP contribution in [-0.2, 0) is 0 Å². The van der Waals surface area contributed by atoms with Crippen molar-refractivity contribution in [3.05, 3.63) is 77.4 Å². The predicted octanol–water partition coefficient (Wildman–Crippen LogP) is 5.71. The molecule has 1 aliphatic heterocycles. The van der Waals surface area contributed by atoms with E-state index in [1.54, 1.807) is 10.6 Å². The zero-order chi connectivity index (χ0) is 24.2. The van der Waals surface area contributed by atoms with E-state index in [0.29, 0.717) is 34.6 Å². The third-order valence-corrected chi connectivity index (χ3v) is 7.06. The number of benzene rings is 2. The summed E-state index contributed by atoms with van der Waals surface area (Å²) in [5, 5.41) is 8.42. The fourth-order valence-electron chi connectivity index (χ4n) is 4.76. The Morgan fingerprint density at radius 3 is 2.66 bits per heavy atom. The molecule has 5 rings (SSSR count). The van der Waals surface area contributed by atoms with E-state index in [1.165, 1.54) is 19.3 Å². The third-order valence-electron chi connectivity index (χ3n) is 6.73. The fourth-order valence-corrected chi connectivity index (χ4v) is 4.99. The molecular formula is C28H30ClN5O. The summed E-state index contributed by atoms with van der Waals surface area (Å²) < 4.78 is 1.63. The highest BCUT2D eigenvalue weighted by Gasteiger charge is 2.19. The van der Waals surface area contributed by atoms with Crippen LogP contribution in [0.25, 0.3) is 28.2 Å². The van der Waals surface area contributed by atoms with Gasteiger partial charge in [-0.15, -0.1) is 0 Å². The van der Waals surface area contributed by atoms with Crippen molar-refractivity contribution in [2.45, 2.75) is 38.6 Å². The average molecular weight is 488 g/mol. The molecule has 0 saturated carbocycles. The minimum absolute atomic E-state index is 0.167. The van der Waals surface area contributed by atoms with Gasteiger partial charge in [-0.25, -0.2) is 9.50 Å². The van der Waals surface area contributed by atoms with E-state index in [2.05, 4.69) is 17.1 Å². The molecule has 1 amide bonds. The topological polar surface area (TPSA) is 62.5 Å². The van der Waals surface area contributed by atoms with Crippen LogP contribution in [0.4, 0.5) is 0 Å². The van der Waals surface area contributed by atoms with Crippen LogP contribution in [-0.4, -0.2) is 51.1 Å². The van der Waals surface area contributed by atoms with Gasteiger partial charge in [0.25, 0.3) is 5.91 Å². The van der Waals surface area contributed by atoms with Gasteiger partial charge in [0.05, 0.1) is 11.4 Å². The number of likely N-dealkylation sites (tertiary alicyclic amines) is 1. The van der Waals surface area contributed by atoms with Gasteiger partial charge >= 0.3 is 0 Å². The Morgan fingerprint density at radius 2 is 1.86 bits per heavy atom. The molecule has 1 aliphatic rings. The highest BCUT2D eigenvalue weighted by molar-refractivity contribution is 6.33. The molecule has 0 unspecified atom stereocenters. The first-order chi connectivity index (χ1) is 17.1. The molecule has 6 nitrogen and oxygen atoms in total. The number of hydrogen-bond donors (Lipinski definition) is 1. The molecule has 1 fully saturated rings. The van der Waals surface area contributed by atoms with Gasteiger partial charge in [0.15, 0.2) is 5.65 Å². The summed E-state index contributed by atoms with van der Waals surface area (Å²) in [6, 6.07) is 21.8. The molecule has 0 radical (unpaired) electrons. The number of carbonyl (C=O) groups excluding carboxylic acids is 1. The summed E-state index contributed by atoms with van der Waals surface area (Å²) in [6.07, 6.45) is 4.75. The van der Waals surface area contributed by atoms with Crippen LogP contribution in [0.5, 0.6) is 0 Å². The standard InChI is InChI=1S/C28H30ClN5O/c1-20-10-7-8-16-33(20)17-9-15-30-28(35)26-18-25(22-13-5-6-14-23(22)29)31-27-19-24(32-34(26)27)21-11-3-2-4-12-21/h2-6,11-14,18-20H,7-10,15-17H2,1H3,(H,30,35)/t20-/m1/s1. The maximum absolute atomic E-state index is 13.3. The maximum atomic E-state index is 13.3. The number of rotatable bonds is 7. The number of aromatic nitrogens is 3. The molecule has 0 spiro atoms. The van der Waals surface area contributed by atoms with Gasteiger partial charge in [-0.2, -0.15) is 5.10 Å². The van der Waals surface area contributed by atoms with Gasteiger partial charge < -0.3 is 10.2 Å². The molecule has 3 heterocycles. The molecular weight excluding hydrogens is 458 g/mol. The van der Waals surface area contributed by atoms with Gasteiger partial charge in [-0.3, -0.25) is 4.79 Å². The van der Waals surface area contributed by atoms with E-state index < -0.39 is 0 Å². The fraction of sp³-hybridized carbons (Fsp3) is 0.321. The molecule has 0 aliphatic carbocycles. The number of halogens is 1. The number of fused-ring (bicyclic) bond motifs is 1. The first kappa shape index (κ1) is 23.5. The van der Waals surface area contributed by atoms with E-state index in [-0.39, 0.29) is 5.91 Å². The lowest BCUT2D eigenvalue weighted by atomic mass is 10.0. The SMILES string of the molecule is C[C@@H]1CCCCN1CCCNC(=O)c1cc(-c2ccccc2Cl)nc2cc(-c3ccccc3)nn12. The summed E-state index contributed by atoms with van der Waals surface area (Å²) in [4.78, 5) is 20.7. The number of piperidine rings is 1. The van der Waals surface area contributed by atoms with Crippen LogP contribution in [0.15, 0.2) is 66.7 Å². The van der Waals surface area contributed by atoms with Gasteiger partial charge in [0, 0.05) is 41.3 Å². The number of nitrogens with one attached hydrogen (secondary N) is 1. The average Bonchev–Trinajstić information content (AvgIpc) is 3.32. The normalized spacial score (nSPS) is 16.5. The van der Waals surface area contributed by atoms with Crippen LogP contribution in [0, 0.1) is 0 Å². The second-order valence-corrected chi connectivity index (χ2v) is 9.57. The number of carbonyl (C=O) groups is 1. The van der Waals surface area contributed by atoms with E-state index in [0.717, 1.165) is 36.3 Å². The Hall–Kier alpha value is -3.22. The number of hydrogen-bond acceptors (Lipinski definition) is 4.